The van der Waals surface area contributed by atoms with E-state index in [1.807, 2.05) is 6.07 Å². The molecule has 3 aromatic rings. The van der Waals surface area contributed by atoms with Crippen LogP contribution >= 0.6 is 11.6 Å². The maximum Gasteiger partial charge on any atom is 0.290 e. The standard InChI is InChI=1S/C25H25ClN2O6/c1-31-19-5-3-15(13-20(19)32-2)22-21-23(29)17-14-16(26)4-6-18(17)34-24(21)25(30)28(22)8-7-27-9-11-33-12-10-27/h3-6,13-14,22H,7-12H2,1-2H3. The van der Waals surface area contributed by atoms with Crippen LogP contribution in [0.2, 0.25) is 5.02 Å². The second-order valence-corrected chi connectivity index (χ2v) is 8.72. The van der Waals surface area contributed by atoms with Crippen LogP contribution in [0.25, 0.3) is 11.0 Å². The van der Waals surface area contributed by atoms with Crippen LogP contribution in [0.1, 0.15) is 27.7 Å². The van der Waals surface area contributed by atoms with E-state index < -0.39 is 6.04 Å². The van der Waals surface area contributed by atoms with Crippen LogP contribution in [0, 0.1) is 0 Å². The highest BCUT2D eigenvalue weighted by Gasteiger charge is 2.43. The van der Waals surface area contributed by atoms with Crippen molar-refractivity contribution in [2.75, 3.05) is 53.6 Å². The number of ether oxygens (including phenoxy) is 3. The minimum atomic E-state index is -0.622. The van der Waals surface area contributed by atoms with Crippen LogP contribution < -0.4 is 14.9 Å². The molecule has 178 valence electrons. The van der Waals surface area contributed by atoms with Gasteiger partial charge in [0.1, 0.15) is 5.58 Å². The Balaban J connectivity index is 1.63. The number of rotatable bonds is 6. The van der Waals surface area contributed by atoms with E-state index >= 15 is 0 Å². The van der Waals surface area contributed by atoms with Crippen molar-refractivity contribution >= 4 is 28.5 Å². The van der Waals surface area contributed by atoms with Crippen molar-refractivity contribution in [3.05, 3.63) is 68.5 Å². The van der Waals surface area contributed by atoms with Crippen molar-refractivity contribution in [1.29, 1.82) is 0 Å². The predicted molar refractivity (Wildman–Crippen MR) is 127 cm³/mol. The number of fused-ring (bicyclic) bond motifs is 2. The molecule has 2 aromatic carbocycles. The van der Waals surface area contributed by atoms with Crippen molar-refractivity contribution in [2.45, 2.75) is 6.04 Å². The lowest BCUT2D eigenvalue weighted by molar-refractivity contribution is 0.0314. The molecule has 1 fully saturated rings. The molecule has 9 heteroatoms. The molecule has 34 heavy (non-hydrogen) atoms. The van der Waals surface area contributed by atoms with Gasteiger partial charge in [-0.15, -0.1) is 0 Å². The van der Waals surface area contributed by atoms with E-state index in [0.29, 0.717) is 59.4 Å². The molecule has 0 bridgehead atoms. The SMILES string of the molecule is COc1ccc(C2c3c(oc4ccc(Cl)cc4c3=O)C(=O)N2CCN2CCOCC2)cc1OC. The number of halogens is 1. The predicted octanol–water partition coefficient (Wildman–Crippen LogP) is 3.34. The molecule has 0 spiro atoms. The van der Waals surface area contributed by atoms with E-state index in [4.69, 9.17) is 30.2 Å². The number of benzene rings is 2. The summed E-state index contributed by atoms with van der Waals surface area (Å²) in [5.74, 6) is 0.842. The number of amides is 1. The zero-order valence-corrected chi connectivity index (χ0v) is 19.8. The lowest BCUT2D eigenvalue weighted by Crippen LogP contribution is -2.42. The van der Waals surface area contributed by atoms with Gasteiger partial charge in [-0.2, -0.15) is 0 Å². The molecule has 0 saturated carbocycles. The Hall–Kier alpha value is -3.07. The Labute approximate surface area is 201 Å². The molecule has 1 unspecified atom stereocenters. The Bertz CT molecular complexity index is 1300. The molecule has 2 aliphatic heterocycles. The molecule has 2 aliphatic rings. The molecule has 5 rings (SSSR count). The van der Waals surface area contributed by atoms with Gasteiger partial charge in [-0.25, -0.2) is 0 Å². The third kappa shape index (κ3) is 3.91. The molecule has 1 atom stereocenters. The van der Waals surface area contributed by atoms with E-state index in [9.17, 15) is 9.59 Å². The maximum atomic E-state index is 13.7. The molecule has 0 N–H and O–H groups in total. The van der Waals surface area contributed by atoms with Crippen molar-refractivity contribution < 1.29 is 23.4 Å². The number of morpholine rings is 1. The normalized spacial score (nSPS) is 18.4. The molecule has 1 aromatic heterocycles. The van der Waals surface area contributed by atoms with Crippen LogP contribution in [0.3, 0.4) is 0 Å². The maximum absolute atomic E-state index is 13.7. The van der Waals surface area contributed by atoms with E-state index in [1.54, 1.807) is 49.5 Å². The van der Waals surface area contributed by atoms with E-state index in [2.05, 4.69) is 4.90 Å². The van der Waals surface area contributed by atoms with Crippen LogP contribution in [-0.2, 0) is 4.74 Å². The van der Waals surface area contributed by atoms with Gasteiger partial charge in [-0.05, 0) is 35.9 Å². The van der Waals surface area contributed by atoms with Crippen LogP contribution in [-0.4, -0.2) is 69.3 Å². The number of carbonyl (C=O) groups excluding carboxylic acids is 1. The summed E-state index contributed by atoms with van der Waals surface area (Å²) in [6, 6.07) is 9.64. The number of hydrogen-bond donors (Lipinski definition) is 0. The lowest BCUT2D eigenvalue weighted by Gasteiger charge is -2.31. The quantitative estimate of drug-likeness (QED) is 0.530. The minimum absolute atomic E-state index is 0.0709. The van der Waals surface area contributed by atoms with Crippen LogP contribution in [0.4, 0.5) is 0 Å². The van der Waals surface area contributed by atoms with Gasteiger partial charge >= 0.3 is 0 Å². The van der Waals surface area contributed by atoms with Crippen molar-refractivity contribution in [3.8, 4) is 11.5 Å². The second-order valence-electron chi connectivity index (χ2n) is 8.28. The van der Waals surface area contributed by atoms with Crippen molar-refractivity contribution in [1.82, 2.24) is 9.80 Å². The molecule has 1 amide bonds. The Kier molecular flexibility index (Phi) is 6.20. The topological polar surface area (TPSA) is 81.5 Å². The summed E-state index contributed by atoms with van der Waals surface area (Å²) >= 11 is 6.16. The van der Waals surface area contributed by atoms with Gasteiger partial charge in [0.2, 0.25) is 5.76 Å². The fraction of sp³-hybridized carbons (Fsp3) is 0.360. The molecule has 0 aliphatic carbocycles. The summed E-state index contributed by atoms with van der Waals surface area (Å²) < 4.78 is 22.3. The summed E-state index contributed by atoms with van der Waals surface area (Å²) in [4.78, 5) is 31.2. The molecule has 3 heterocycles. The smallest absolute Gasteiger partial charge is 0.290 e. The van der Waals surface area contributed by atoms with E-state index in [0.717, 1.165) is 18.7 Å². The van der Waals surface area contributed by atoms with E-state index in [1.165, 1.54) is 0 Å². The van der Waals surface area contributed by atoms with Crippen LogP contribution in [0.15, 0.2) is 45.6 Å². The summed E-state index contributed by atoms with van der Waals surface area (Å²) in [5, 5.41) is 0.774. The molecular weight excluding hydrogens is 460 g/mol. The monoisotopic (exact) mass is 484 g/mol. The van der Waals surface area contributed by atoms with E-state index in [-0.39, 0.29) is 17.1 Å². The van der Waals surface area contributed by atoms with Gasteiger partial charge in [0.05, 0.1) is 44.4 Å². The molecule has 8 nitrogen and oxygen atoms in total. The zero-order valence-electron chi connectivity index (χ0n) is 19.0. The number of hydrogen-bond acceptors (Lipinski definition) is 7. The Morgan fingerprint density at radius 2 is 1.76 bits per heavy atom. The summed E-state index contributed by atoms with van der Waals surface area (Å²) in [5.41, 5.74) is 1.12. The number of nitrogens with zero attached hydrogens (tertiary/aromatic N) is 2. The third-order valence-corrected chi connectivity index (χ3v) is 6.65. The first-order valence-electron chi connectivity index (χ1n) is 11.1. The van der Waals surface area contributed by atoms with Crippen molar-refractivity contribution in [2.24, 2.45) is 0 Å². The van der Waals surface area contributed by atoms with Gasteiger partial charge in [0, 0.05) is 31.2 Å². The third-order valence-electron chi connectivity index (χ3n) is 6.41. The summed E-state index contributed by atoms with van der Waals surface area (Å²) in [6.07, 6.45) is 0. The van der Waals surface area contributed by atoms with Gasteiger partial charge in [-0.1, -0.05) is 17.7 Å². The first kappa shape index (κ1) is 22.7. The van der Waals surface area contributed by atoms with Crippen LogP contribution in [0.5, 0.6) is 11.5 Å². The summed E-state index contributed by atoms with van der Waals surface area (Å²) in [7, 11) is 3.11. The van der Waals surface area contributed by atoms with Gasteiger partial charge in [0.15, 0.2) is 16.9 Å². The highest BCUT2D eigenvalue weighted by atomic mass is 35.5. The summed E-state index contributed by atoms with van der Waals surface area (Å²) in [6.45, 7) is 4.02. The molecule has 1 saturated heterocycles. The zero-order chi connectivity index (χ0) is 23.8. The highest BCUT2D eigenvalue weighted by Crippen LogP contribution is 2.41. The van der Waals surface area contributed by atoms with Gasteiger partial charge < -0.3 is 23.5 Å². The second kappa shape index (κ2) is 9.29. The average molecular weight is 485 g/mol. The van der Waals surface area contributed by atoms with Gasteiger partial charge in [-0.3, -0.25) is 14.5 Å². The Morgan fingerprint density at radius 1 is 1.00 bits per heavy atom. The largest absolute Gasteiger partial charge is 0.493 e. The number of methoxy groups -OCH3 is 2. The first-order chi connectivity index (χ1) is 16.5. The Morgan fingerprint density at radius 3 is 2.50 bits per heavy atom. The van der Waals surface area contributed by atoms with Crippen molar-refractivity contribution in [3.63, 3.8) is 0 Å². The lowest BCUT2D eigenvalue weighted by atomic mass is 9.98. The first-order valence-corrected chi connectivity index (χ1v) is 11.5. The fourth-order valence-corrected chi connectivity index (χ4v) is 4.84. The average Bonchev–Trinajstić information content (AvgIpc) is 3.15. The highest BCUT2D eigenvalue weighted by molar-refractivity contribution is 6.31. The minimum Gasteiger partial charge on any atom is -0.493 e. The number of carbonyl (C=O) groups is 1. The fourth-order valence-electron chi connectivity index (χ4n) is 4.67. The van der Waals surface area contributed by atoms with Gasteiger partial charge in [0.25, 0.3) is 5.91 Å². The molecule has 0 radical (unpaired) electrons. The molecular formula is C25H25ClN2O6.